The zero-order valence-corrected chi connectivity index (χ0v) is 11.9. The van der Waals surface area contributed by atoms with Gasteiger partial charge in [0.05, 0.1) is 25.8 Å². The zero-order chi connectivity index (χ0) is 18.5. The number of H-pyrrole nitrogens is 1. The van der Waals surface area contributed by atoms with Gasteiger partial charge in [0.2, 0.25) is 0 Å². The summed E-state index contributed by atoms with van der Waals surface area (Å²) in [6.45, 7) is 0. The first-order chi connectivity index (χ1) is 11.7. The van der Waals surface area contributed by atoms with Crippen molar-refractivity contribution in [1.82, 2.24) is 4.98 Å². The van der Waals surface area contributed by atoms with E-state index < -0.39 is 42.4 Å². The summed E-state index contributed by atoms with van der Waals surface area (Å²) in [5.41, 5.74) is -3.46. The van der Waals surface area contributed by atoms with E-state index in [9.17, 15) is 40.5 Å². The van der Waals surface area contributed by atoms with Crippen LogP contribution in [0.5, 0.6) is 0 Å². The number of rotatable bonds is 4. The van der Waals surface area contributed by atoms with E-state index in [1.807, 2.05) is 0 Å². The minimum Gasteiger partial charge on any atom is -0.343 e. The van der Waals surface area contributed by atoms with E-state index in [0.717, 1.165) is 18.2 Å². The van der Waals surface area contributed by atoms with Gasteiger partial charge in [-0.15, -0.1) is 0 Å². The first kappa shape index (κ1) is 15.7. The van der Waals surface area contributed by atoms with Crippen LogP contribution in [0.2, 0.25) is 0 Å². The summed E-state index contributed by atoms with van der Waals surface area (Å²) in [6.07, 6.45) is 0. The smallest absolute Gasteiger partial charge is 0.343 e. The molecular formula is C12H5N5O8. The van der Waals surface area contributed by atoms with Crippen LogP contribution < -0.4 is 0 Å². The van der Waals surface area contributed by atoms with Gasteiger partial charge in [-0.3, -0.25) is 40.5 Å². The Labute approximate surface area is 135 Å². The number of fused-ring (bicyclic) bond motifs is 3. The summed E-state index contributed by atoms with van der Waals surface area (Å²) < 4.78 is 0. The number of nitro benzene ring substituents is 4. The Kier molecular flexibility index (Phi) is 3.26. The molecule has 0 bridgehead atoms. The largest absolute Gasteiger partial charge is 0.369 e. The summed E-state index contributed by atoms with van der Waals surface area (Å²) in [4.78, 5) is 43.2. The molecular weight excluding hydrogens is 342 g/mol. The molecule has 0 atom stereocenters. The Bertz CT molecular complexity index is 1120. The van der Waals surface area contributed by atoms with Gasteiger partial charge in [-0.25, -0.2) is 0 Å². The van der Waals surface area contributed by atoms with Crippen molar-refractivity contribution in [3.05, 3.63) is 64.7 Å². The van der Waals surface area contributed by atoms with E-state index in [-0.39, 0.29) is 21.8 Å². The molecule has 1 heterocycles. The number of nitrogens with one attached hydrogen (secondary N) is 1. The van der Waals surface area contributed by atoms with Crippen LogP contribution in [-0.2, 0) is 0 Å². The molecule has 13 heteroatoms. The lowest BCUT2D eigenvalue weighted by Crippen LogP contribution is -1.97. The Morgan fingerprint density at radius 3 is 1.84 bits per heavy atom. The Hall–Kier alpha value is -4.16. The van der Waals surface area contributed by atoms with Crippen LogP contribution in [0.15, 0.2) is 24.3 Å². The monoisotopic (exact) mass is 347 g/mol. The van der Waals surface area contributed by atoms with Crippen LogP contribution in [0.1, 0.15) is 0 Å². The third-order valence-corrected chi connectivity index (χ3v) is 3.59. The highest BCUT2D eigenvalue weighted by molar-refractivity contribution is 6.14. The first-order valence-corrected chi connectivity index (χ1v) is 6.42. The summed E-state index contributed by atoms with van der Waals surface area (Å²) in [6, 6.07) is 3.74. The van der Waals surface area contributed by atoms with Crippen molar-refractivity contribution in [2.75, 3.05) is 0 Å². The quantitative estimate of drug-likeness (QED) is 0.550. The molecule has 0 spiro atoms. The molecule has 0 radical (unpaired) electrons. The third-order valence-electron chi connectivity index (χ3n) is 3.59. The van der Waals surface area contributed by atoms with Crippen molar-refractivity contribution in [1.29, 1.82) is 0 Å². The number of aromatic nitrogens is 1. The number of non-ortho nitro benzene ring substituents is 2. The molecule has 3 rings (SSSR count). The standard InChI is InChI=1S/C12H5N5O8/c18-14(19)5-3-7-6-1-2-8(15(20)21)12(17(24)25)11(6)13-10(7)9(4-5)16(22)23/h1-4,13H. The van der Waals surface area contributed by atoms with Crippen molar-refractivity contribution in [3.8, 4) is 0 Å². The Morgan fingerprint density at radius 1 is 0.680 bits per heavy atom. The Morgan fingerprint density at radius 2 is 1.32 bits per heavy atom. The number of benzene rings is 2. The third kappa shape index (κ3) is 2.26. The van der Waals surface area contributed by atoms with Gasteiger partial charge in [0, 0.05) is 22.9 Å². The molecule has 1 N–H and O–H groups in total. The minimum atomic E-state index is -0.990. The van der Waals surface area contributed by atoms with Gasteiger partial charge in [0.1, 0.15) is 11.0 Å². The predicted octanol–water partition coefficient (Wildman–Crippen LogP) is 2.95. The van der Waals surface area contributed by atoms with Gasteiger partial charge in [0.15, 0.2) is 0 Å². The van der Waals surface area contributed by atoms with Crippen molar-refractivity contribution < 1.29 is 19.7 Å². The summed E-state index contributed by atoms with van der Waals surface area (Å²) in [5.74, 6) is 0. The van der Waals surface area contributed by atoms with Crippen LogP contribution in [0.4, 0.5) is 22.7 Å². The van der Waals surface area contributed by atoms with Gasteiger partial charge >= 0.3 is 11.4 Å². The van der Waals surface area contributed by atoms with Gasteiger partial charge in [-0.1, -0.05) is 0 Å². The topological polar surface area (TPSA) is 188 Å². The highest BCUT2D eigenvalue weighted by Gasteiger charge is 2.31. The Balaban J connectivity index is 2.56. The molecule has 0 aliphatic heterocycles. The number of nitrogens with zero attached hydrogens (tertiary/aromatic N) is 4. The fourth-order valence-corrected chi connectivity index (χ4v) is 2.59. The molecule has 25 heavy (non-hydrogen) atoms. The van der Waals surface area contributed by atoms with Gasteiger partial charge in [-0.05, 0) is 6.07 Å². The van der Waals surface area contributed by atoms with E-state index in [1.54, 1.807) is 0 Å². The highest BCUT2D eigenvalue weighted by atomic mass is 16.6. The lowest BCUT2D eigenvalue weighted by molar-refractivity contribution is -0.421. The zero-order valence-electron chi connectivity index (χ0n) is 11.9. The molecule has 0 aliphatic rings. The normalized spacial score (nSPS) is 10.9. The number of hydrogen-bond donors (Lipinski definition) is 1. The van der Waals surface area contributed by atoms with E-state index in [0.29, 0.717) is 6.07 Å². The fraction of sp³-hybridized carbons (Fsp3) is 0. The molecule has 126 valence electrons. The first-order valence-electron chi connectivity index (χ1n) is 6.42. The molecule has 0 unspecified atom stereocenters. The molecule has 0 fully saturated rings. The maximum Gasteiger partial charge on any atom is 0.369 e. The molecule has 3 aromatic rings. The van der Waals surface area contributed by atoms with Crippen LogP contribution in [0.25, 0.3) is 21.8 Å². The van der Waals surface area contributed by atoms with Crippen LogP contribution in [0.3, 0.4) is 0 Å². The molecule has 13 nitrogen and oxygen atoms in total. The van der Waals surface area contributed by atoms with E-state index >= 15 is 0 Å². The highest BCUT2D eigenvalue weighted by Crippen LogP contribution is 2.41. The number of hydrogen-bond acceptors (Lipinski definition) is 8. The van der Waals surface area contributed by atoms with Crippen molar-refractivity contribution in [2.45, 2.75) is 0 Å². The van der Waals surface area contributed by atoms with Crippen molar-refractivity contribution in [3.63, 3.8) is 0 Å². The number of nitro groups is 4. The van der Waals surface area contributed by atoms with Crippen LogP contribution in [-0.4, -0.2) is 24.7 Å². The summed E-state index contributed by atoms with van der Waals surface area (Å²) in [5, 5.41) is 44.4. The van der Waals surface area contributed by atoms with Gasteiger partial charge in [0.25, 0.3) is 11.4 Å². The van der Waals surface area contributed by atoms with E-state index in [1.165, 1.54) is 0 Å². The van der Waals surface area contributed by atoms with Crippen molar-refractivity contribution in [2.24, 2.45) is 0 Å². The minimum absolute atomic E-state index is 0.0195. The average Bonchev–Trinajstić information content (AvgIpc) is 2.90. The van der Waals surface area contributed by atoms with Crippen molar-refractivity contribution >= 4 is 44.6 Å². The maximum atomic E-state index is 11.2. The molecule has 0 saturated heterocycles. The molecule has 1 aromatic heterocycles. The van der Waals surface area contributed by atoms with Crippen LogP contribution in [0, 0.1) is 40.5 Å². The van der Waals surface area contributed by atoms with Gasteiger partial charge in [-0.2, -0.15) is 0 Å². The average molecular weight is 347 g/mol. The summed E-state index contributed by atoms with van der Waals surface area (Å²) >= 11 is 0. The molecule has 2 aromatic carbocycles. The predicted molar refractivity (Wildman–Crippen MR) is 82.4 cm³/mol. The number of aromatic amines is 1. The SMILES string of the molecule is O=[N+]([O-])c1cc([N+](=O)[O-])c2[nH]c3c([N+](=O)[O-])c([N+](=O)[O-])ccc3c2c1. The summed E-state index contributed by atoms with van der Waals surface area (Å²) in [7, 11) is 0. The lowest BCUT2D eigenvalue weighted by Gasteiger charge is -1.96. The van der Waals surface area contributed by atoms with Gasteiger partial charge < -0.3 is 4.98 Å². The second-order valence-electron chi connectivity index (χ2n) is 4.90. The molecule has 0 aliphatic carbocycles. The van der Waals surface area contributed by atoms with Crippen LogP contribution >= 0.6 is 0 Å². The molecule has 0 saturated carbocycles. The maximum absolute atomic E-state index is 11.2. The van der Waals surface area contributed by atoms with E-state index in [2.05, 4.69) is 4.98 Å². The molecule has 0 amide bonds. The second kappa shape index (κ2) is 5.19. The lowest BCUT2D eigenvalue weighted by atomic mass is 10.1. The fourth-order valence-electron chi connectivity index (χ4n) is 2.59. The van der Waals surface area contributed by atoms with E-state index in [4.69, 9.17) is 0 Å². The second-order valence-corrected chi connectivity index (χ2v) is 4.90.